The normalized spacial score (nSPS) is 11.4. The fourth-order valence-corrected chi connectivity index (χ4v) is 4.63. The molecule has 0 aliphatic carbocycles. The molecular weight excluding hydrogens is 545 g/mol. The Morgan fingerprint density at radius 1 is 0.925 bits per heavy atom. The van der Waals surface area contributed by atoms with Gasteiger partial charge in [0.2, 0.25) is 5.91 Å². The van der Waals surface area contributed by atoms with Crippen LogP contribution in [0.2, 0.25) is 10.0 Å². The number of benzene rings is 3. The van der Waals surface area contributed by atoms with Crippen LogP contribution in [0.1, 0.15) is 52.7 Å². The van der Waals surface area contributed by atoms with Crippen molar-refractivity contribution >= 4 is 57.4 Å². The number of rotatable bonds is 9. The summed E-state index contributed by atoms with van der Waals surface area (Å²) in [6.45, 7) is 8.59. The number of fused-ring (bicyclic) bond motifs is 1. The Balaban J connectivity index is 1.57. The van der Waals surface area contributed by atoms with Gasteiger partial charge >= 0.3 is 6.03 Å². The van der Waals surface area contributed by atoms with Gasteiger partial charge in [0.1, 0.15) is 12.4 Å². The molecule has 0 aliphatic heterocycles. The summed E-state index contributed by atoms with van der Waals surface area (Å²) in [4.78, 5) is 28.3. The summed E-state index contributed by atoms with van der Waals surface area (Å²) in [5.41, 5.74) is 1.90. The lowest BCUT2D eigenvalue weighted by atomic mass is 9.92. The first kappa shape index (κ1) is 29.4. The van der Waals surface area contributed by atoms with E-state index in [1.54, 1.807) is 27.8 Å². The van der Waals surface area contributed by atoms with Gasteiger partial charge in [-0.2, -0.15) is 5.10 Å². The van der Waals surface area contributed by atoms with Crippen LogP contribution < -0.4 is 10.6 Å². The Labute approximate surface area is 245 Å². The zero-order chi connectivity index (χ0) is 28.9. The second kappa shape index (κ2) is 12.7. The number of aromatic nitrogens is 2. The third-order valence-electron chi connectivity index (χ3n) is 6.58. The number of urea groups is 1. The molecule has 0 atom stereocenters. The predicted octanol–water partition coefficient (Wildman–Crippen LogP) is 8.29. The van der Waals surface area contributed by atoms with Gasteiger partial charge < -0.3 is 15.5 Å². The molecule has 1 aromatic heterocycles. The van der Waals surface area contributed by atoms with Crippen molar-refractivity contribution in [1.82, 2.24) is 14.7 Å². The van der Waals surface area contributed by atoms with Crippen LogP contribution in [0.4, 0.5) is 16.3 Å². The van der Waals surface area contributed by atoms with Gasteiger partial charge in [-0.1, -0.05) is 100 Å². The summed E-state index contributed by atoms with van der Waals surface area (Å²) in [5.74, 6) is 0.155. The molecule has 0 spiro atoms. The Bertz CT molecular complexity index is 1500. The lowest BCUT2D eigenvalue weighted by Gasteiger charge is -2.23. The molecular formula is C31H35Cl2N5O2. The quantitative estimate of drug-likeness (QED) is 0.196. The molecule has 7 nitrogen and oxygen atoms in total. The molecule has 9 heteroatoms. The Morgan fingerprint density at radius 3 is 2.40 bits per heavy atom. The minimum Gasteiger partial charge on any atom is -0.315 e. The van der Waals surface area contributed by atoms with Gasteiger partial charge in [-0.25, -0.2) is 9.48 Å². The van der Waals surface area contributed by atoms with E-state index in [-0.39, 0.29) is 23.9 Å². The highest BCUT2D eigenvalue weighted by molar-refractivity contribution is 6.42. The van der Waals surface area contributed by atoms with Crippen molar-refractivity contribution in [3.63, 3.8) is 0 Å². The molecule has 40 heavy (non-hydrogen) atoms. The summed E-state index contributed by atoms with van der Waals surface area (Å²) in [5, 5.41) is 13.5. The van der Waals surface area contributed by atoms with E-state index in [4.69, 9.17) is 28.3 Å². The van der Waals surface area contributed by atoms with Crippen molar-refractivity contribution in [2.45, 2.75) is 52.4 Å². The minimum atomic E-state index is -0.328. The number of unbranched alkanes of at least 4 members (excludes halogenated alkanes) is 2. The summed E-state index contributed by atoms with van der Waals surface area (Å²) < 4.78 is 1.64. The van der Waals surface area contributed by atoms with E-state index in [1.165, 1.54) is 0 Å². The maximum absolute atomic E-state index is 13.4. The van der Waals surface area contributed by atoms with E-state index in [1.807, 2.05) is 69.3 Å². The van der Waals surface area contributed by atoms with Gasteiger partial charge in [0.15, 0.2) is 0 Å². The van der Waals surface area contributed by atoms with E-state index in [9.17, 15) is 9.59 Å². The van der Waals surface area contributed by atoms with Gasteiger partial charge in [-0.05, 0) is 36.1 Å². The maximum atomic E-state index is 13.4. The standard InChI is InChI=1S/C31H35Cl2N5O2/c1-5-6-9-17-37(30(40)34-26-14-10-12-21-11-7-8-13-23(21)26)20-29(39)35-28-19-27(31(2,3)4)36-38(28)22-15-16-24(32)25(33)18-22/h7-8,10-16,18-19H,5-6,9,17,20H2,1-4H3,(H,34,40)(H,35,39). The number of carbonyl (C=O) groups is 2. The molecule has 0 bridgehead atoms. The smallest absolute Gasteiger partial charge is 0.315 e. The molecule has 4 rings (SSSR count). The number of hydrogen-bond acceptors (Lipinski definition) is 3. The number of hydrogen-bond donors (Lipinski definition) is 2. The lowest BCUT2D eigenvalue weighted by Crippen LogP contribution is -2.41. The fraction of sp³-hybridized carbons (Fsp3) is 0.323. The second-order valence-corrected chi connectivity index (χ2v) is 11.6. The first-order chi connectivity index (χ1) is 19.1. The van der Waals surface area contributed by atoms with Gasteiger partial charge in [0.05, 0.1) is 27.1 Å². The summed E-state index contributed by atoms with van der Waals surface area (Å²) in [6, 6.07) is 20.3. The molecule has 3 aromatic carbocycles. The van der Waals surface area contributed by atoms with Crippen LogP contribution >= 0.6 is 23.2 Å². The molecule has 0 radical (unpaired) electrons. The van der Waals surface area contributed by atoms with Crippen LogP contribution in [-0.2, 0) is 10.2 Å². The average Bonchev–Trinajstić information content (AvgIpc) is 3.34. The number of nitrogens with one attached hydrogen (secondary N) is 2. The van der Waals surface area contributed by atoms with Gasteiger partial charge in [0.25, 0.3) is 0 Å². The van der Waals surface area contributed by atoms with E-state index in [0.717, 1.165) is 35.7 Å². The number of halogens is 2. The zero-order valence-corrected chi connectivity index (χ0v) is 24.8. The molecule has 210 valence electrons. The molecule has 0 unspecified atom stereocenters. The monoisotopic (exact) mass is 579 g/mol. The predicted molar refractivity (Wildman–Crippen MR) is 165 cm³/mol. The van der Waals surface area contributed by atoms with Crippen LogP contribution in [0.5, 0.6) is 0 Å². The van der Waals surface area contributed by atoms with Crippen molar-refractivity contribution in [3.8, 4) is 5.69 Å². The van der Waals surface area contributed by atoms with E-state index in [0.29, 0.717) is 33.8 Å². The maximum Gasteiger partial charge on any atom is 0.322 e. The minimum absolute atomic E-state index is 0.113. The lowest BCUT2D eigenvalue weighted by molar-refractivity contribution is -0.116. The van der Waals surface area contributed by atoms with Crippen molar-refractivity contribution in [2.24, 2.45) is 0 Å². The molecule has 0 aliphatic rings. The zero-order valence-electron chi connectivity index (χ0n) is 23.3. The average molecular weight is 581 g/mol. The highest BCUT2D eigenvalue weighted by Crippen LogP contribution is 2.30. The molecule has 0 saturated heterocycles. The largest absolute Gasteiger partial charge is 0.322 e. The molecule has 4 aromatic rings. The highest BCUT2D eigenvalue weighted by atomic mass is 35.5. The third-order valence-corrected chi connectivity index (χ3v) is 7.32. The first-order valence-electron chi connectivity index (χ1n) is 13.5. The topological polar surface area (TPSA) is 79.3 Å². The molecule has 0 saturated carbocycles. The van der Waals surface area contributed by atoms with Crippen LogP contribution in [0.25, 0.3) is 16.5 Å². The van der Waals surface area contributed by atoms with Crippen molar-refractivity contribution < 1.29 is 9.59 Å². The van der Waals surface area contributed by atoms with Crippen molar-refractivity contribution in [1.29, 1.82) is 0 Å². The van der Waals surface area contributed by atoms with Crippen molar-refractivity contribution in [2.75, 3.05) is 23.7 Å². The number of amides is 3. The third kappa shape index (κ3) is 7.14. The highest BCUT2D eigenvalue weighted by Gasteiger charge is 2.23. The number of nitrogens with zero attached hydrogens (tertiary/aromatic N) is 3. The Morgan fingerprint density at radius 2 is 1.68 bits per heavy atom. The molecule has 2 N–H and O–H groups in total. The molecule has 0 fully saturated rings. The summed E-state index contributed by atoms with van der Waals surface area (Å²) in [6.07, 6.45) is 2.75. The molecule has 3 amide bonds. The van der Waals surface area contributed by atoms with E-state index in [2.05, 4.69) is 17.6 Å². The van der Waals surface area contributed by atoms with Crippen LogP contribution in [0.15, 0.2) is 66.7 Å². The number of anilines is 2. The second-order valence-electron chi connectivity index (χ2n) is 10.8. The Kier molecular flexibility index (Phi) is 9.38. The summed E-state index contributed by atoms with van der Waals surface area (Å²) >= 11 is 12.4. The molecule has 1 heterocycles. The summed E-state index contributed by atoms with van der Waals surface area (Å²) in [7, 11) is 0. The Hall–Kier alpha value is -3.55. The van der Waals surface area contributed by atoms with Crippen LogP contribution in [0.3, 0.4) is 0 Å². The van der Waals surface area contributed by atoms with Crippen molar-refractivity contribution in [3.05, 3.63) is 82.5 Å². The van der Waals surface area contributed by atoms with Gasteiger partial charge in [-0.15, -0.1) is 0 Å². The fourth-order valence-electron chi connectivity index (χ4n) is 4.34. The van der Waals surface area contributed by atoms with Crippen LogP contribution in [0, 0.1) is 0 Å². The van der Waals surface area contributed by atoms with E-state index >= 15 is 0 Å². The first-order valence-corrected chi connectivity index (χ1v) is 14.2. The van der Waals surface area contributed by atoms with Gasteiger partial charge in [-0.3, -0.25) is 4.79 Å². The van der Waals surface area contributed by atoms with E-state index < -0.39 is 0 Å². The number of carbonyl (C=O) groups excluding carboxylic acids is 2. The van der Waals surface area contributed by atoms with Gasteiger partial charge in [0, 0.05) is 23.4 Å². The SMILES string of the molecule is CCCCCN(CC(=O)Nc1cc(C(C)(C)C)nn1-c1ccc(Cl)c(Cl)c1)C(=O)Nc1cccc2ccccc12. The van der Waals surface area contributed by atoms with Crippen LogP contribution in [-0.4, -0.2) is 39.7 Å².